The second-order valence-electron chi connectivity index (χ2n) is 6.53. The molecule has 140 valence electrons. The lowest BCUT2D eigenvalue weighted by Crippen LogP contribution is -2.46. The summed E-state index contributed by atoms with van der Waals surface area (Å²) in [6.45, 7) is 1.90. The van der Waals surface area contributed by atoms with Gasteiger partial charge in [0.25, 0.3) is 5.91 Å². The number of rotatable bonds is 4. The number of nitrogens with one attached hydrogen (secondary N) is 2. The van der Waals surface area contributed by atoms with E-state index < -0.39 is 0 Å². The van der Waals surface area contributed by atoms with Crippen molar-refractivity contribution in [3.05, 3.63) is 23.8 Å². The topological polar surface area (TPSA) is 105 Å². The van der Waals surface area contributed by atoms with Crippen LogP contribution in [-0.2, 0) is 9.59 Å². The van der Waals surface area contributed by atoms with Gasteiger partial charge in [-0.15, -0.1) is 11.8 Å². The summed E-state index contributed by atoms with van der Waals surface area (Å²) >= 11 is 1.61. The number of nitrogens with two attached hydrogens (primary N) is 1. The van der Waals surface area contributed by atoms with Crippen LogP contribution in [0.2, 0.25) is 0 Å². The maximum Gasteiger partial charge on any atom is 0.253 e. The largest absolute Gasteiger partial charge is 0.355 e. The van der Waals surface area contributed by atoms with Crippen LogP contribution in [0.3, 0.4) is 0 Å². The van der Waals surface area contributed by atoms with Crippen LogP contribution in [0.1, 0.15) is 29.6 Å². The van der Waals surface area contributed by atoms with Crippen molar-refractivity contribution >= 4 is 35.2 Å². The van der Waals surface area contributed by atoms with Crippen molar-refractivity contribution in [2.45, 2.75) is 24.2 Å². The average Bonchev–Trinajstić information content (AvgIpc) is 2.85. The number of hydrogen-bond donors (Lipinski definition) is 3. The highest BCUT2D eigenvalue weighted by atomic mass is 32.2. The van der Waals surface area contributed by atoms with Crippen molar-refractivity contribution < 1.29 is 14.4 Å². The second-order valence-corrected chi connectivity index (χ2v) is 7.66. The van der Waals surface area contributed by atoms with E-state index in [4.69, 9.17) is 5.73 Å². The number of piperidine rings is 1. The van der Waals surface area contributed by atoms with Gasteiger partial charge < -0.3 is 21.3 Å². The molecule has 0 aromatic heterocycles. The van der Waals surface area contributed by atoms with E-state index in [1.54, 1.807) is 28.8 Å². The molecule has 2 aliphatic heterocycles. The van der Waals surface area contributed by atoms with Crippen molar-refractivity contribution in [2.75, 3.05) is 37.2 Å². The van der Waals surface area contributed by atoms with Gasteiger partial charge in [0, 0.05) is 48.8 Å². The highest BCUT2D eigenvalue weighted by Gasteiger charge is 2.29. The molecule has 1 atom stereocenters. The van der Waals surface area contributed by atoms with Gasteiger partial charge in [0.05, 0.1) is 11.6 Å². The van der Waals surface area contributed by atoms with Gasteiger partial charge in [-0.2, -0.15) is 0 Å². The van der Waals surface area contributed by atoms with Crippen molar-refractivity contribution in [1.29, 1.82) is 0 Å². The van der Waals surface area contributed by atoms with Gasteiger partial charge in [-0.1, -0.05) is 0 Å². The maximum atomic E-state index is 12.9. The van der Waals surface area contributed by atoms with E-state index in [1.807, 2.05) is 6.07 Å². The smallest absolute Gasteiger partial charge is 0.253 e. The summed E-state index contributed by atoms with van der Waals surface area (Å²) in [5, 5.41) is 5.67. The Morgan fingerprint density at radius 1 is 1.38 bits per heavy atom. The van der Waals surface area contributed by atoms with Crippen molar-refractivity contribution in [2.24, 2.45) is 11.7 Å². The third-order valence-corrected chi connectivity index (χ3v) is 5.69. The molecule has 4 N–H and O–H groups in total. The van der Waals surface area contributed by atoms with Crippen molar-refractivity contribution in [1.82, 2.24) is 10.2 Å². The number of amides is 3. The Labute approximate surface area is 157 Å². The zero-order chi connectivity index (χ0) is 18.5. The van der Waals surface area contributed by atoms with Gasteiger partial charge in [-0.25, -0.2) is 0 Å². The Hall–Kier alpha value is -2.06. The first kappa shape index (κ1) is 18.7. The Morgan fingerprint density at radius 3 is 3.04 bits per heavy atom. The van der Waals surface area contributed by atoms with E-state index in [2.05, 4.69) is 10.6 Å². The van der Waals surface area contributed by atoms with E-state index in [1.165, 1.54) is 0 Å². The van der Waals surface area contributed by atoms with Crippen LogP contribution < -0.4 is 16.4 Å². The highest BCUT2D eigenvalue weighted by molar-refractivity contribution is 7.99. The fourth-order valence-electron chi connectivity index (χ4n) is 3.25. The maximum absolute atomic E-state index is 12.9. The number of carbonyl (C=O) groups is 3. The number of thioether (sulfide) groups is 1. The molecule has 2 aliphatic rings. The minimum atomic E-state index is -0.199. The standard InChI is InChI=1S/C18H24N4O3S/c19-6-7-20-17(24)13-2-1-8-22(11-13)18(25)12-3-4-15-14(10-12)21-16(23)5-9-26-15/h3-4,10,13H,1-2,5-9,11,19H2,(H,20,24)(H,21,23). The predicted octanol–water partition coefficient (Wildman–Crippen LogP) is 1.05. The molecule has 3 rings (SSSR count). The fraction of sp³-hybridized carbons (Fsp3) is 0.500. The Morgan fingerprint density at radius 2 is 2.23 bits per heavy atom. The number of nitrogens with zero attached hydrogens (tertiary/aromatic N) is 1. The molecule has 1 aromatic rings. The van der Waals surface area contributed by atoms with E-state index in [-0.39, 0.29) is 23.6 Å². The molecule has 0 spiro atoms. The number of anilines is 1. The van der Waals surface area contributed by atoms with E-state index in [0.29, 0.717) is 43.9 Å². The lowest BCUT2D eigenvalue weighted by atomic mass is 9.96. The third-order valence-electron chi connectivity index (χ3n) is 4.61. The molecule has 1 unspecified atom stereocenters. The number of benzene rings is 1. The van der Waals surface area contributed by atoms with Crippen LogP contribution in [0.4, 0.5) is 5.69 Å². The molecule has 1 aromatic carbocycles. The van der Waals surface area contributed by atoms with Gasteiger partial charge in [-0.05, 0) is 31.0 Å². The summed E-state index contributed by atoms with van der Waals surface area (Å²) in [4.78, 5) is 39.5. The predicted molar refractivity (Wildman–Crippen MR) is 101 cm³/mol. The third kappa shape index (κ3) is 4.37. The first-order valence-corrected chi connectivity index (χ1v) is 9.91. The van der Waals surface area contributed by atoms with Crippen LogP contribution in [0.25, 0.3) is 0 Å². The molecule has 1 fully saturated rings. The van der Waals surface area contributed by atoms with Gasteiger partial charge in [0.2, 0.25) is 11.8 Å². The minimum Gasteiger partial charge on any atom is -0.355 e. The van der Waals surface area contributed by atoms with E-state index >= 15 is 0 Å². The summed E-state index contributed by atoms with van der Waals surface area (Å²) in [7, 11) is 0. The molecule has 26 heavy (non-hydrogen) atoms. The van der Waals surface area contributed by atoms with Gasteiger partial charge in [-0.3, -0.25) is 14.4 Å². The fourth-order valence-corrected chi connectivity index (χ4v) is 4.19. The molecular weight excluding hydrogens is 352 g/mol. The van der Waals surface area contributed by atoms with Crippen molar-refractivity contribution in [3.63, 3.8) is 0 Å². The molecule has 0 saturated carbocycles. The summed E-state index contributed by atoms with van der Waals surface area (Å²) in [6, 6.07) is 5.42. The van der Waals surface area contributed by atoms with Crippen LogP contribution in [0.15, 0.2) is 23.1 Å². The first-order chi connectivity index (χ1) is 12.6. The van der Waals surface area contributed by atoms with E-state index in [0.717, 1.165) is 23.5 Å². The summed E-state index contributed by atoms with van der Waals surface area (Å²) in [5.74, 6) is 0.356. The SMILES string of the molecule is NCCNC(=O)C1CCCN(C(=O)c2ccc3c(c2)NC(=O)CCS3)C1. The zero-order valence-corrected chi connectivity index (χ0v) is 15.4. The lowest BCUT2D eigenvalue weighted by molar-refractivity contribution is -0.126. The average molecular weight is 376 g/mol. The Balaban J connectivity index is 1.70. The van der Waals surface area contributed by atoms with Crippen LogP contribution >= 0.6 is 11.8 Å². The lowest BCUT2D eigenvalue weighted by Gasteiger charge is -2.32. The number of hydrogen-bond acceptors (Lipinski definition) is 5. The normalized spacial score (nSPS) is 20.0. The van der Waals surface area contributed by atoms with Crippen LogP contribution in [0, 0.1) is 5.92 Å². The first-order valence-electron chi connectivity index (χ1n) is 8.92. The van der Waals surface area contributed by atoms with Gasteiger partial charge >= 0.3 is 0 Å². The van der Waals surface area contributed by atoms with Crippen LogP contribution in [0.5, 0.6) is 0 Å². The summed E-state index contributed by atoms with van der Waals surface area (Å²) in [6.07, 6.45) is 2.04. The molecule has 2 heterocycles. The van der Waals surface area contributed by atoms with Crippen LogP contribution in [-0.4, -0.2) is 54.6 Å². The molecule has 0 radical (unpaired) electrons. The highest BCUT2D eigenvalue weighted by Crippen LogP contribution is 2.32. The molecule has 1 saturated heterocycles. The monoisotopic (exact) mass is 376 g/mol. The molecule has 0 bridgehead atoms. The van der Waals surface area contributed by atoms with Gasteiger partial charge in [0.1, 0.15) is 0 Å². The number of fused-ring (bicyclic) bond motifs is 1. The summed E-state index contributed by atoms with van der Waals surface area (Å²) in [5.41, 5.74) is 6.65. The number of carbonyl (C=O) groups excluding carboxylic acids is 3. The molecule has 8 heteroatoms. The zero-order valence-electron chi connectivity index (χ0n) is 14.6. The Bertz CT molecular complexity index is 710. The summed E-state index contributed by atoms with van der Waals surface area (Å²) < 4.78 is 0. The Kier molecular flexibility index (Phi) is 6.16. The minimum absolute atomic E-state index is 0.0320. The second kappa shape index (κ2) is 8.55. The molecule has 3 amide bonds. The number of likely N-dealkylation sites (tertiary alicyclic amines) is 1. The van der Waals surface area contributed by atoms with Crippen molar-refractivity contribution in [3.8, 4) is 0 Å². The molecule has 0 aliphatic carbocycles. The molecular formula is C18H24N4O3S. The van der Waals surface area contributed by atoms with Gasteiger partial charge in [0.15, 0.2) is 0 Å². The van der Waals surface area contributed by atoms with E-state index in [9.17, 15) is 14.4 Å². The quantitative estimate of drug-likeness (QED) is 0.729. The molecule has 7 nitrogen and oxygen atoms in total.